The van der Waals surface area contributed by atoms with Crippen LogP contribution in [0.5, 0.6) is 0 Å². The summed E-state index contributed by atoms with van der Waals surface area (Å²) in [4.78, 5) is 30.2. The number of hydrogen-bond donors (Lipinski definition) is 1. The van der Waals surface area contributed by atoms with Crippen LogP contribution < -0.4 is 5.32 Å². The standard InChI is InChI=1S/C17H21N5O2/c1-21-11-12(9-19-21)5-6-15(23)20-14-8-16(24)22(2)17(14)13-4-3-7-18-10-13/h3-4,7,9-11,14,17H,5-6,8H2,1-2H3,(H,20,23)/t14-,17+/m1/s1. The summed E-state index contributed by atoms with van der Waals surface area (Å²) in [5.74, 6) is -0.0257. The fourth-order valence-corrected chi connectivity index (χ4v) is 3.14. The van der Waals surface area contributed by atoms with Crippen LogP contribution in [0.4, 0.5) is 0 Å². The largest absolute Gasteiger partial charge is 0.350 e. The molecule has 0 aliphatic carbocycles. The number of aromatic nitrogens is 3. The molecule has 24 heavy (non-hydrogen) atoms. The molecule has 0 spiro atoms. The molecule has 3 rings (SSSR count). The number of carbonyl (C=O) groups is 2. The summed E-state index contributed by atoms with van der Waals surface area (Å²) in [5, 5.41) is 7.11. The minimum absolute atomic E-state index is 0.0291. The van der Waals surface area contributed by atoms with E-state index in [0.29, 0.717) is 19.3 Å². The predicted octanol–water partition coefficient (Wildman–Crippen LogP) is 0.836. The smallest absolute Gasteiger partial charge is 0.225 e. The maximum absolute atomic E-state index is 12.3. The van der Waals surface area contributed by atoms with Gasteiger partial charge in [-0.3, -0.25) is 19.3 Å². The Morgan fingerprint density at radius 1 is 1.38 bits per heavy atom. The zero-order chi connectivity index (χ0) is 17.1. The van der Waals surface area contributed by atoms with Crippen molar-refractivity contribution in [2.75, 3.05) is 7.05 Å². The second kappa shape index (κ2) is 6.82. The van der Waals surface area contributed by atoms with Crippen molar-refractivity contribution in [1.29, 1.82) is 0 Å². The maximum Gasteiger partial charge on any atom is 0.225 e. The number of likely N-dealkylation sites (tertiary alicyclic amines) is 1. The Balaban J connectivity index is 1.64. The van der Waals surface area contributed by atoms with Gasteiger partial charge in [0.2, 0.25) is 11.8 Å². The molecule has 0 radical (unpaired) electrons. The second-order valence-electron chi connectivity index (χ2n) is 6.14. The summed E-state index contributed by atoms with van der Waals surface area (Å²) in [5.41, 5.74) is 1.96. The SMILES string of the molecule is CN1C(=O)C[C@@H](NC(=O)CCc2cnn(C)c2)[C@@H]1c1cccnc1. The Bertz CT molecular complexity index is 728. The lowest BCUT2D eigenvalue weighted by Gasteiger charge is -2.25. The Labute approximate surface area is 140 Å². The van der Waals surface area contributed by atoms with Gasteiger partial charge in [-0.05, 0) is 23.6 Å². The minimum atomic E-state index is -0.229. The first-order valence-electron chi connectivity index (χ1n) is 7.97. The van der Waals surface area contributed by atoms with Crippen molar-refractivity contribution in [3.8, 4) is 0 Å². The van der Waals surface area contributed by atoms with E-state index in [9.17, 15) is 9.59 Å². The monoisotopic (exact) mass is 327 g/mol. The quantitative estimate of drug-likeness (QED) is 0.882. The highest BCUT2D eigenvalue weighted by Gasteiger charge is 2.39. The first-order valence-corrected chi connectivity index (χ1v) is 7.97. The molecule has 126 valence electrons. The van der Waals surface area contributed by atoms with E-state index in [-0.39, 0.29) is 23.9 Å². The fourth-order valence-electron chi connectivity index (χ4n) is 3.14. The van der Waals surface area contributed by atoms with Crippen LogP contribution in [0.1, 0.15) is 30.0 Å². The molecule has 1 N–H and O–H groups in total. The summed E-state index contributed by atoms with van der Waals surface area (Å²) < 4.78 is 1.72. The lowest BCUT2D eigenvalue weighted by Crippen LogP contribution is -2.39. The van der Waals surface area contributed by atoms with Gasteiger partial charge in [-0.25, -0.2) is 0 Å². The number of hydrogen-bond acceptors (Lipinski definition) is 4. The van der Waals surface area contributed by atoms with Crippen LogP contribution in [0.15, 0.2) is 36.9 Å². The van der Waals surface area contributed by atoms with E-state index in [2.05, 4.69) is 15.4 Å². The zero-order valence-corrected chi connectivity index (χ0v) is 13.8. The van der Waals surface area contributed by atoms with Gasteiger partial charge in [-0.1, -0.05) is 6.07 Å². The molecule has 1 saturated heterocycles. The molecule has 1 aliphatic heterocycles. The summed E-state index contributed by atoms with van der Waals surface area (Å²) in [6.45, 7) is 0. The highest BCUT2D eigenvalue weighted by molar-refractivity contribution is 5.83. The van der Waals surface area contributed by atoms with Crippen molar-refractivity contribution in [2.45, 2.75) is 31.3 Å². The number of carbonyl (C=O) groups excluding carboxylic acids is 2. The lowest BCUT2D eigenvalue weighted by atomic mass is 10.0. The van der Waals surface area contributed by atoms with Gasteiger partial charge in [0.15, 0.2) is 0 Å². The summed E-state index contributed by atoms with van der Waals surface area (Å²) in [6, 6.07) is 3.37. The van der Waals surface area contributed by atoms with E-state index in [1.54, 1.807) is 35.2 Å². The average Bonchev–Trinajstić information content (AvgIpc) is 3.10. The molecule has 0 saturated carbocycles. The molecule has 2 aromatic rings. The molecule has 2 aromatic heterocycles. The van der Waals surface area contributed by atoms with Gasteiger partial charge in [0, 0.05) is 45.5 Å². The van der Waals surface area contributed by atoms with Crippen molar-refractivity contribution in [1.82, 2.24) is 25.0 Å². The molecular weight excluding hydrogens is 306 g/mol. The third-order valence-corrected chi connectivity index (χ3v) is 4.36. The Hall–Kier alpha value is -2.70. The van der Waals surface area contributed by atoms with Crippen LogP contribution in [0.25, 0.3) is 0 Å². The third kappa shape index (κ3) is 3.45. The Morgan fingerprint density at radius 3 is 2.88 bits per heavy atom. The summed E-state index contributed by atoms with van der Waals surface area (Å²) >= 11 is 0. The number of amides is 2. The highest BCUT2D eigenvalue weighted by Crippen LogP contribution is 2.31. The molecule has 2 amide bonds. The molecular formula is C17H21N5O2. The third-order valence-electron chi connectivity index (χ3n) is 4.36. The van der Waals surface area contributed by atoms with Crippen molar-refractivity contribution in [3.63, 3.8) is 0 Å². The van der Waals surface area contributed by atoms with Gasteiger partial charge in [0.1, 0.15) is 0 Å². The van der Waals surface area contributed by atoms with E-state index in [4.69, 9.17) is 0 Å². The normalized spacial score (nSPS) is 20.4. The molecule has 3 heterocycles. The van der Waals surface area contributed by atoms with E-state index >= 15 is 0 Å². The molecule has 1 fully saturated rings. The molecule has 0 unspecified atom stereocenters. The minimum Gasteiger partial charge on any atom is -0.350 e. The molecule has 7 heteroatoms. The predicted molar refractivity (Wildman–Crippen MR) is 87.8 cm³/mol. The van der Waals surface area contributed by atoms with Crippen molar-refractivity contribution < 1.29 is 9.59 Å². The molecule has 7 nitrogen and oxygen atoms in total. The van der Waals surface area contributed by atoms with E-state index in [0.717, 1.165) is 11.1 Å². The first kappa shape index (κ1) is 16.2. The summed E-state index contributed by atoms with van der Waals surface area (Å²) in [7, 11) is 3.61. The number of likely N-dealkylation sites (N-methyl/N-ethyl adjacent to an activating group) is 1. The Morgan fingerprint density at radius 2 is 2.21 bits per heavy atom. The van der Waals surface area contributed by atoms with Crippen molar-refractivity contribution in [2.24, 2.45) is 7.05 Å². The number of rotatable bonds is 5. The molecule has 1 aliphatic rings. The number of aryl methyl sites for hydroxylation is 2. The number of pyridine rings is 1. The molecule has 0 bridgehead atoms. The van der Waals surface area contributed by atoms with Gasteiger partial charge in [-0.15, -0.1) is 0 Å². The average molecular weight is 327 g/mol. The highest BCUT2D eigenvalue weighted by atomic mass is 16.2. The van der Waals surface area contributed by atoms with Crippen LogP contribution >= 0.6 is 0 Å². The van der Waals surface area contributed by atoms with Crippen LogP contribution in [0.2, 0.25) is 0 Å². The van der Waals surface area contributed by atoms with Crippen LogP contribution in [-0.2, 0) is 23.1 Å². The summed E-state index contributed by atoms with van der Waals surface area (Å²) in [6.07, 6.45) is 8.43. The van der Waals surface area contributed by atoms with E-state index < -0.39 is 0 Å². The van der Waals surface area contributed by atoms with Gasteiger partial charge in [0.25, 0.3) is 0 Å². The van der Waals surface area contributed by atoms with Crippen LogP contribution in [0, 0.1) is 0 Å². The maximum atomic E-state index is 12.3. The van der Waals surface area contributed by atoms with Crippen molar-refractivity contribution in [3.05, 3.63) is 48.0 Å². The van der Waals surface area contributed by atoms with E-state index in [1.807, 2.05) is 25.4 Å². The number of nitrogens with zero attached hydrogens (tertiary/aromatic N) is 4. The zero-order valence-electron chi connectivity index (χ0n) is 13.8. The second-order valence-corrected chi connectivity index (χ2v) is 6.14. The fraction of sp³-hybridized carbons (Fsp3) is 0.412. The molecule has 2 atom stereocenters. The lowest BCUT2D eigenvalue weighted by molar-refractivity contribution is -0.127. The van der Waals surface area contributed by atoms with Crippen molar-refractivity contribution >= 4 is 11.8 Å². The van der Waals surface area contributed by atoms with Crippen LogP contribution in [-0.4, -0.2) is 44.6 Å². The van der Waals surface area contributed by atoms with E-state index in [1.165, 1.54) is 0 Å². The van der Waals surface area contributed by atoms with Gasteiger partial charge < -0.3 is 10.2 Å². The van der Waals surface area contributed by atoms with Crippen LogP contribution in [0.3, 0.4) is 0 Å². The van der Waals surface area contributed by atoms with Gasteiger partial charge >= 0.3 is 0 Å². The number of nitrogens with one attached hydrogen (secondary N) is 1. The topological polar surface area (TPSA) is 80.1 Å². The van der Waals surface area contributed by atoms with Gasteiger partial charge in [0.05, 0.1) is 18.3 Å². The van der Waals surface area contributed by atoms with Gasteiger partial charge in [-0.2, -0.15) is 5.10 Å². The molecule has 0 aromatic carbocycles. The Kier molecular flexibility index (Phi) is 4.59. The first-order chi connectivity index (χ1) is 11.5.